The standard InChI is InChI=1S/C19H29N3O5/c23-16(21-19(26)20-14-6-2-1-3-7-14)12-27-18(25)13-10-17(24)22(11-13)15-8-4-5-9-15/h13-15H,1-12H2,(H2,20,21,23,26)/t13-/m0/s1. The maximum absolute atomic E-state index is 12.2. The smallest absolute Gasteiger partial charge is 0.321 e. The van der Waals surface area contributed by atoms with Crippen LogP contribution < -0.4 is 10.6 Å². The first-order valence-corrected chi connectivity index (χ1v) is 10.1. The third kappa shape index (κ3) is 5.43. The molecule has 2 saturated carbocycles. The third-order valence-electron chi connectivity index (χ3n) is 5.80. The van der Waals surface area contributed by atoms with Gasteiger partial charge in [0.25, 0.3) is 5.91 Å². The highest BCUT2D eigenvalue weighted by molar-refractivity contribution is 5.96. The van der Waals surface area contributed by atoms with Crippen molar-refractivity contribution in [3.63, 3.8) is 0 Å². The number of carbonyl (C=O) groups is 4. The molecular formula is C19H29N3O5. The topological polar surface area (TPSA) is 105 Å². The molecule has 0 radical (unpaired) electrons. The van der Waals surface area contributed by atoms with Crippen LogP contribution in [0.2, 0.25) is 0 Å². The molecule has 3 aliphatic rings. The van der Waals surface area contributed by atoms with E-state index in [4.69, 9.17) is 4.74 Å². The summed E-state index contributed by atoms with van der Waals surface area (Å²) in [6, 6.07) is -0.214. The molecule has 0 spiro atoms. The van der Waals surface area contributed by atoms with Crippen molar-refractivity contribution in [1.82, 2.24) is 15.5 Å². The molecule has 0 unspecified atom stereocenters. The van der Waals surface area contributed by atoms with Gasteiger partial charge in [0.05, 0.1) is 5.92 Å². The van der Waals surface area contributed by atoms with Crippen molar-refractivity contribution >= 4 is 23.8 Å². The van der Waals surface area contributed by atoms with Gasteiger partial charge in [-0.1, -0.05) is 32.1 Å². The summed E-state index contributed by atoms with van der Waals surface area (Å²) >= 11 is 0. The average molecular weight is 379 g/mol. The second-order valence-electron chi connectivity index (χ2n) is 7.85. The molecule has 2 N–H and O–H groups in total. The first-order valence-electron chi connectivity index (χ1n) is 10.1. The summed E-state index contributed by atoms with van der Waals surface area (Å²) in [5.41, 5.74) is 0. The fourth-order valence-electron chi connectivity index (χ4n) is 4.34. The molecule has 3 rings (SSSR count). The lowest BCUT2D eigenvalue weighted by Crippen LogP contribution is -2.46. The molecule has 3 fully saturated rings. The van der Waals surface area contributed by atoms with E-state index in [-0.39, 0.29) is 24.4 Å². The zero-order valence-electron chi connectivity index (χ0n) is 15.7. The minimum Gasteiger partial charge on any atom is -0.455 e. The van der Waals surface area contributed by atoms with Gasteiger partial charge in [0, 0.05) is 25.0 Å². The number of amides is 4. The average Bonchev–Trinajstić information content (AvgIpc) is 3.29. The van der Waals surface area contributed by atoms with Crippen LogP contribution in [0.25, 0.3) is 0 Å². The van der Waals surface area contributed by atoms with Crippen molar-refractivity contribution in [2.75, 3.05) is 13.2 Å². The monoisotopic (exact) mass is 379 g/mol. The summed E-state index contributed by atoms with van der Waals surface area (Å²) < 4.78 is 5.03. The molecular weight excluding hydrogens is 350 g/mol. The quantitative estimate of drug-likeness (QED) is 0.704. The van der Waals surface area contributed by atoms with Gasteiger partial charge in [-0.05, 0) is 25.7 Å². The second kappa shape index (κ2) is 9.19. The molecule has 0 bridgehead atoms. The van der Waals surface area contributed by atoms with E-state index < -0.39 is 30.4 Å². The van der Waals surface area contributed by atoms with Gasteiger partial charge in [0.1, 0.15) is 0 Å². The number of nitrogens with one attached hydrogen (secondary N) is 2. The number of hydrogen-bond donors (Lipinski definition) is 2. The van der Waals surface area contributed by atoms with Gasteiger partial charge in [-0.2, -0.15) is 0 Å². The number of nitrogens with zero attached hydrogens (tertiary/aromatic N) is 1. The van der Waals surface area contributed by atoms with Crippen LogP contribution in [-0.4, -0.2) is 54.0 Å². The van der Waals surface area contributed by atoms with Crippen molar-refractivity contribution in [2.45, 2.75) is 76.3 Å². The van der Waals surface area contributed by atoms with Crippen LogP contribution >= 0.6 is 0 Å². The molecule has 2 aliphatic carbocycles. The Labute approximate surface area is 159 Å². The zero-order valence-corrected chi connectivity index (χ0v) is 15.7. The van der Waals surface area contributed by atoms with E-state index in [1.165, 1.54) is 6.42 Å². The summed E-state index contributed by atoms with van der Waals surface area (Å²) in [5, 5.41) is 4.96. The molecule has 1 saturated heterocycles. The van der Waals surface area contributed by atoms with E-state index in [1.807, 2.05) is 0 Å². The number of hydrogen-bond acceptors (Lipinski definition) is 5. The lowest BCUT2D eigenvalue weighted by atomic mass is 9.96. The molecule has 0 aromatic rings. The Morgan fingerprint density at radius 3 is 2.37 bits per heavy atom. The predicted octanol–water partition coefficient (Wildman–Crippen LogP) is 1.48. The zero-order chi connectivity index (χ0) is 19.2. The van der Waals surface area contributed by atoms with Crippen molar-refractivity contribution in [1.29, 1.82) is 0 Å². The summed E-state index contributed by atoms with van der Waals surface area (Å²) in [4.78, 5) is 49.7. The van der Waals surface area contributed by atoms with Crippen LogP contribution in [0.1, 0.15) is 64.2 Å². The number of ether oxygens (including phenoxy) is 1. The fourth-order valence-corrected chi connectivity index (χ4v) is 4.34. The molecule has 0 aromatic carbocycles. The van der Waals surface area contributed by atoms with Crippen molar-refractivity contribution in [3.8, 4) is 0 Å². The maximum Gasteiger partial charge on any atom is 0.321 e. The van der Waals surface area contributed by atoms with E-state index >= 15 is 0 Å². The van der Waals surface area contributed by atoms with Crippen LogP contribution in [0, 0.1) is 5.92 Å². The van der Waals surface area contributed by atoms with Gasteiger partial charge in [-0.25, -0.2) is 4.79 Å². The summed E-state index contributed by atoms with van der Waals surface area (Å²) in [6.45, 7) is -0.142. The lowest BCUT2D eigenvalue weighted by molar-refractivity contribution is -0.152. The van der Waals surface area contributed by atoms with E-state index in [9.17, 15) is 19.2 Å². The van der Waals surface area contributed by atoms with E-state index in [0.29, 0.717) is 6.54 Å². The number of likely N-dealkylation sites (tertiary alicyclic amines) is 1. The fraction of sp³-hybridized carbons (Fsp3) is 0.789. The van der Waals surface area contributed by atoms with Crippen molar-refractivity contribution in [3.05, 3.63) is 0 Å². The molecule has 1 aliphatic heterocycles. The van der Waals surface area contributed by atoms with Crippen molar-refractivity contribution < 1.29 is 23.9 Å². The van der Waals surface area contributed by atoms with Gasteiger partial charge < -0.3 is 15.0 Å². The van der Waals surface area contributed by atoms with Gasteiger partial charge in [-0.3, -0.25) is 19.7 Å². The maximum atomic E-state index is 12.2. The minimum absolute atomic E-state index is 0.0137. The molecule has 0 aromatic heterocycles. The number of carbonyl (C=O) groups excluding carboxylic acids is 4. The van der Waals surface area contributed by atoms with Gasteiger partial charge in [0.15, 0.2) is 6.61 Å². The first kappa shape index (κ1) is 19.6. The van der Waals surface area contributed by atoms with E-state index in [2.05, 4.69) is 10.6 Å². The van der Waals surface area contributed by atoms with E-state index in [1.54, 1.807) is 4.90 Å². The molecule has 150 valence electrons. The largest absolute Gasteiger partial charge is 0.455 e. The molecule has 27 heavy (non-hydrogen) atoms. The molecule has 1 atom stereocenters. The van der Waals surface area contributed by atoms with E-state index in [0.717, 1.165) is 51.4 Å². The van der Waals surface area contributed by atoms with Crippen LogP contribution in [0.5, 0.6) is 0 Å². The Bertz CT molecular complexity index is 582. The van der Waals surface area contributed by atoms with Crippen LogP contribution in [0.3, 0.4) is 0 Å². The third-order valence-corrected chi connectivity index (χ3v) is 5.80. The van der Waals surface area contributed by atoms with Crippen LogP contribution in [0.15, 0.2) is 0 Å². The molecule has 1 heterocycles. The lowest BCUT2D eigenvalue weighted by Gasteiger charge is -2.23. The summed E-state index contributed by atoms with van der Waals surface area (Å²) in [6.07, 6.45) is 9.53. The minimum atomic E-state index is -0.659. The van der Waals surface area contributed by atoms with Crippen molar-refractivity contribution in [2.24, 2.45) is 5.92 Å². The Kier molecular flexibility index (Phi) is 6.68. The predicted molar refractivity (Wildman–Crippen MR) is 96.6 cm³/mol. The number of urea groups is 1. The SMILES string of the molecule is O=C(COC(=O)[C@H]1CC(=O)N(C2CCCC2)C1)NC(=O)NC1CCCCC1. The van der Waals surface area contributed by atoms with Gasteiger partial charge in [0.2, 0.25) is 5.91 Å². The Morgan fingerprint density at radius 1 is 1.00 bits per heavy atom. The Balaban J connectivity index is 1.36. The number of rotatable bonds is 5. The van der Waals surface area contributed by atoms with Crippen LogP contribution in [-0.2, 0) is 19.1 Å². The summed E-state index contributed by atoms with van der Waals surface area (Å²) in [5.74, 6) is -1.75. The van der Waals surface area contributed by atoms with Gasteiger partial charge >= 0.3 is 12.0 Å². The van der Waals surface area contributed by atoms with Crippen LogP contribution in [0.4, 0.5) is 4.79 Å². The first-order chi connectivity index (χ1) is 13.0. The Hall–Kier alpha value is -2.12. The Morgan fingerprint density at radius 2 is 1.67 bits per heavy atom. The summed E-state index contributed by atoms with van der Waals surface area (Å²) in [7, 11) is 0. The number of imide groups is 1. The molecule has 8 heteroatoms. The second-order valence-corrected chi connectivity index (χ2v) is 7.85. The number of esters is 1. The normalized spacial score (nSPS) is 24.1. The van der Waals surface area contributed by atoms with Gasteiger partial charge in [-0.15, -0.1) is 0 Å². The highest BCUT2D eigenvalue weighted by Gasteiger charge is 2.39. The highest BCUT2D eigenvalue weighted by atomic mass is 16.5. The molecule has 4 amide bonds. The highest BCUT2D eigenvalue weighted by Crippen LogP contribution is 2.29. The molecule has 8 nitrogen and oxygen atoms in total.